The maximum atomic E-state index is 13.7. The van der Waals surface area contributed by atoms with Gasteiger partial charge < -0.3 is 15.1 Å². The Morgan fingerprint density at radius 3 is 2.76 bits per heavy atom. The number of likely N-dealkylation sites (tertiary alicyclic amines) is 1. The van der Waals surface area contributed by atoms with Gasteiger partial charge in [0.2, 0.25) is 0 Å². The summed E-state index contributed by atoms with van der Waals surface area (Å²) in [7, 11) is 0. The number of anilines is 1. The number of fused-ring (bicyclic) bond motifs is 2. The van der Waals surface area contributed by atoms with Crippen LogP contribution in [-0.4, -0.2) is 42.4 Å². The normalized spacial score (nSPS) is 17.6. The first kappa shape index (κ1) is 25.8. The summed E-state index contributed by atoms with van der Waals surface area (Å²) in [6.45, 7) is 5.43. The Labute approximate surface area is 228 Å². The van der Waals surface area contributed by atoms with Crippen LogP contribution in [-0.2, 0) is 6.54 Å². The molecule has 0 aromatic heterocycles. The van der Waals surface area contributed by atoms with Crippen LogP contribution in [0.5, 0.6) is 0 Å². The molecule has 2 heterocycles. The number of carbonyl (C=O) groups is 2. The van der Waals surface area contributed by atoms with Crippen molar-refractivity contribution in [1.82, 2.24) is 10.2 Å². The lowest BCUT2D eigenvalue weighted by Gasteiger charge is -2.33. The van der Waals surface area contributed by atoms with Crippen LogP contribution >= 0.6 is 23.4 Å². The topological polar surface area (TPSA) is 52.7 Å². The van der Waals surface area contributed by atoms with E-state index in [4.69, 9.17) is 11.6 Å². The van der Waals surface area contributed by atoms with Crippen molar-refractivity contribution in [3.05, 3.63) is 88.4 Å². The van der Waals surface area contributed by atoms with Gasteiger partial charge in [-0.2, -0.15) is 0 Å². The van der Waals surface area contributed by atoms with Crippen molar-refractivity contribution in [2.45, 2.75) is 55.0 Å². The van der Waals surface area contributed by atoms with Crippen LogP contribution in [0.3, 0.4) is 0 Å². The standard InChI is InChI=1S/C30H32ClN3O2S/c1-21-8-4-5-16-33(21)17-7-15-32-29(35)23-13-14-28-26(19-23)34(20-22-9-6-10-24(31)18-22)30(36)25-11-2-3-12-27(25)37-28/h2-3,6,9-14,18-19,21H,4-5,7-8,15-17,20H2,1H3,(H,32,35). The third-order valence-corrected chi connectivity index (χ3v) is 8.55. The Morgan fingerprint density at radius 2 is 1.92 bits per heavy atom. The number of nitrogens with zero attached hydrogens (tertiary/aromatic N) is 2. The molecule has 0 saturated carbocycles. The van der Waals surface area contributed by atoms with Crippen molar-refractivity contribution in [3.63, 3.8) is 0 Å². The Kier molecular flexibility index (Phi) is 8.18. The van der Waals surface area contributed by atoms with Crippen LogP contribution < -0.4 is 10.2 Å². The van der Waals surface area contributed by atoms with Gasteiger partial charge in [-0.25, -0.2) is 0 Å². The second kappa shape index (κ2) is 11.7. The highest BCUT2D eigenvalue weighted by Crippen LogP contribution is 2.42. The first-order chi connectivity index (χ1) is 18.0. The summed E-state index contributed by atoms with van der Waals surface area (Å²) in [5, 5.41) is 3.71. The van der Waals surface area contributed by atoms with Gasteiger partial charge in [0.25, 0.3) is 11.8 Å². The lowest BCUT2D eigenvalue weighted by Crippen LogP contribution is -2.39. The SMILES string of the molecule is CC1CCCCN1CCCNC(=O)c1ccc2c(c1)N(Cc1cccc(Cl)c1)C(=O)c1ccccc1S2. The Morgan fingerprint density at radius 1 is 1.05 bits per heavy atom. The molecule has 0 aliphatic carbocycles. The Balaban J connectivity index is 1.35. The highest BCUT2D eigenvalue weighted by atomic mass is 35.5. The van der Waals surface area contributed by atoms with Gasteiger partial charge in [0, 0.05) is 39.5 Å². The first-order valence-electron chi connectivity index (χ1n) is 13.0. The Hall–Kier alpha value is -2.80. The van der Waals surface area contributed by atoms with Gasteiger partial charge in [0.15, 0.2) is 0 Å². The number of nitrogens with one attached hydrogen (secondary N) is 1. The van der Waals surface area contributed by atoms with E-state index in [2.05, 4.69) is 17.1 Å². The van der Waals surface area contributed by atoms with Gasteiger partial charge >= 0.3 is 0 Å². The Bertz CT molecular complexity index is 1300. The summed E-state index contributed by atoms with van der Waals surface area (Å²) >= 11 is 7.79. The van der Waals surface area contributed by atoms with E-state index in [0.29, 0.717) is 35.3 Å². The molecule has 3 aromatic carbocycles. The zero-order chi connectivity index (χ0) is 25.8. The highest BCUT2D eigenvalue weighted by molar-refractivity contribution is 7.99. The first-order valence-corrected chi connectivity index (χ1v) is 14.2. The van der Waals surface area contributed by atoms with Crippen molar-refractivity contribution >= 4 is 40.9 Å². The van der Waals surface area contributed by atoms with Gasteiger partial charge in [-0.1, -0.05) is 54.0 Å². The molecule has 2 amide bonds. The molecule has 37 heavy (non-hydrogen) atoms. The molecule has 1 N–H and O–H groups in total. The molecule has 3 aromatic rings. The summed E-state index contributed by atoms with van der Waals surface area (Å²) in [6.07, 6.45) is 4.75. The number of piperidine rings is 1. The summed E-state index contributed by atoms with van der Waals surface area (Å²) < 4.78 is 0. The molecule has 192 valence electrons. The molecule has 0 spiro atoms. The fraction of sp³-hybridized carbons (Fsp3) is 0.333. The summed E-state index contributed by atoms with van der Waals surface area (Å²) in [4.78, 5) is 32.9. The number of rotatable bonds is 7. The maximum Gasteiger partial charge on any atom is 0.259 e. The smallest absolute Gasteiger partial charge is 0.259 e. The molecule has 2 aliphatic rings. The van der Waals surface area contributed by atoms with Crippen LogP contribution in [0.25, 0.3) is 0 Å². The molecular weight excluding hydrogens is 502 g/mol. The van der Waals surface area contributed by atoms with E-state index in [9.17, 15) is 9.59 Å². The number of benzene rings is 3. The lowest BCUT2D eigenvalue weighted by molar-refractivity contribution is 0.0945. The molecule has 5 nitrogen and oxygen atoms in total. The third kappa shape index (κ3) is 6.03. The van der Waals surface area contributed by atoms with Gasteiger partial charge in [-0.15, -0.1) is 0 Å². The van der Waals surface area contributed by atoms with Crippen LogP contribution in [0.2, 0.25) is 5.02 Å². The highest BCUT2D eigenvalue weighted by Gasteiger charge is 2.28. The molecule has 1 atom stereocenters. The van der Waals surface area contributed by atoms with Crippen molar-refractivity contribution < 1.29 is 9.59 Å². The molecule has 7 heteroatoms. The molecule has 0 bridgehead atoms. The van der Waals surface area contributed by atoms with Crippen LogP contribution in [0, 0.1) is 0 Å². The second-order valence-corrected chi connectivity index (χ2v) is 11.3. The number of hydrogen-bond acceptors (Lipinski definition) is 4. The molecular formula is C30H32ClN3O2S. The number of carbonyl (C=O) groups excluding carboxylic acids is 2. The van der Waals surface area contributed by atoms with Gasteiger partial charge in [0.1, 0.15) is 0 Å². The summed E-state index contributed by atoms with van der Waals surface area (Å²) in [5.41, 5.74) is 2.88. The minimum Gasteiger partial charge on any atom is -0.352 e. The summed E-state index contributed by atoms with van der Waals surface area (Å²) in [5.74, 6) is -0.202. The summed E-state index contributed by atoms with van der Waals surface area (Å²) in [6, 6.07) is 21.5. The van der Waals surface area contributed by atoms with Crippen LogP contribution in [0.15, 0.2) is 76.5 Å². The van der Waals surface area contributed by atoms with E-state index in [1.165, 1.54) is 19.3 Å². The van der Waals surface area contributed by atoms with E-state index in [1.807, 2.05) is 66.7 Å². The predicted molar refractivity (Wildman–Crippen MR) is 151 cm³/mol. The molecule has 2 aliphatic heterocycles. The molecule has 5 rings (SSSR count). The van der Waals surface area contributed by atoms with Crippen LogP contribution in [0.4, 0.5) is 5.69 Å². The second-order valence-electron chi connectivity index (χ2n) is 9.79. The van der Waals surface area contributed by atoms with Crippen molar-refractivity contribution in [2.24, 2.45) is 0 Å². The van der Waals surface area contributed by atoms with Gasteiger partial charge in [-0.05, 0) is 80.8 Å². The van der Waals surface area contributed by atoms with Crippen molar-refractivity contribution in [2.75, 3.05) is 24.5 Å². The van der Waals surface area contributed by atoms with Crippen molar-refractivity contribution in [3.8, 4) is 0 Å². The largest absolute Gasteiger partial charge is 0.352 e. The quantitative estimate of drug-likeness (QED) is 0.346. The van der Waals surface area contributed by atoms with E-state index < -0.39 is 0 Å². The maximum absolute atomic E-state index is 13.7. The monoisotopic (exact) mass is 533 g/mol. The van der Waals surface area contributed by atoms with Gasteiger partial charge in [-0.3, -0.25) is 9.59 Å². The fourth-order valence-corrected chi connectivity index (χ4v) is 6.38. The van der Waals surface area contributed by atoms with E-state index in [1.54, 1.807) is 16.7 Å². The molecule has 1 fully saturated rings. The zero-order valence-electron chi connectivity index (χ0n) is 21.1. The zero-order valence-corrected chi connectivity index (χ0v) is 22.7. The average Bonchev–Trinajstić information content (AvgIpc) is 3.01. The van der Waals surface area contributed by atoms with Gasteiger partial charge in [0.05, 0.1) is 17.8 Å². The minimum absolute atomic E-state index is 0.0879. The number of amides is 2. The number of hydrogen-bond donors (Lipinski definition) is 1. The van der Waals surface area contributed by atoms with E-state index in [-0.39, 0.29) is 11.8 Å². The average molecular weight is 534 g/mol. The third-order valence-electron chi connectivity index (χ3n) is 7.17. The molecule has 1 unspecified atom stereocenters. The van der Waals surface area contributed by atoms with Crippen molar-refractivity contribution in [1.29, 1.82) is 0 Å². The lowest BCUT2D eigenvalue weighted by atomic mass is 10.0. The fourth-order valence-electron chi connectivity index (χ4n) is 5.11. The molecule has 1 saturated heterocycles. The predicted octanol–water partition coefficient (Wildman–Crippen LogP) is 6.65. The molecule has 0 radical (unpaired) electrons. The number of halogens is 1. The van der Waals surface area contributed by atoms with Crippen LogP contribution in [0.1, 0.15) is 58.9 Å². The van der Waals surface area contributed by atoms with E-state index >= 15 is 0 Å². The van der Waals surface area contributed by atoms with E-state index in [0.717, 1.165) is 40.6 Å². The minimum atomic E-state index is -0.114.